The van der Waals surface area contributed by atoms with E-state index in [2.05, 4.69) is 41.7 Å². The number of esters is 1. The molecule has 0 bridgehead atoms. The molecule has 1 aliphatic rings. The number of nitrogens with one attached hydrogen (secondary N) is 1. The van der Waals surface area contributed by atoms with Crippen molar-refractivity contribution in [3.63, 3.8) is 0 Å². The van der Waals surface area contributed by atoms with Crippen LogP contribution in [0.3, 0.4) is 0 Å². The summed E-state index contributed by atoms with van der Waals surface area (Å²) in [6.07, 6.45) is 5.02. The van der Waals surface area contributed by atoms with Crippen LogP contribution in [0.15, 0.2) is 82.0 Å². The molecule has 2 unspecified atom stereocenters. The normalized spacial score (nSPS) is 16.2. The number of allylic oxidation sites excluding steroid dienone is 2. The summed E-state index contributed by atoms with van der Waals surface area (Å²) < 4.78 is 12.3. The van der Waals surface area contributed by atoms with Crippen LogP contribution < -0.4 is 10.7 Å². The number of carbonyl (C=O) groups is 1. The van der Waals surface area contributed by atoms with Gasteiger partial charge < -0.3 is 14.5 Å². The number of ether oxygens (including phenoxy) is 1. The maximum absolute atomic E-state index is 13.7. The van der Waals surface area contributed by atoms with Crippen LogP contribution in [0.4, 0.5) is 5.69 Å². The van der Waals surface area contributed by atoms with Gasteiger partial charge in [0, 0.05) is 16.8 Å². The van der Waals surface area contributed by atoms with E-state index >= 15 is 0 Å². The first-order valence-electron chi connectivity index (χ1n) is 14.4. The van der Waals surface area contributed by atoms with Crippen molar-refractivity contribution in [2.75, 3.05) is 5.32 Å². The number of fused-ring (bicyclic) bond motifs is 1. The fourth-order valence-corrected chi connectivity index (χ4v) is 5.69. The quantitative estimate of drug-likeness (QED) is 0.243. The number of hydrogen-bond donors (Lipinski definition) is 1. The van der Waals surface area contributed by atoms with E-state index in [0.717, 1.165) is 36.0 Å². The first-order chi connectivity index (χ1) is 19.5. The summed E-state index contributed by atoms with van der Waals surface area (Å²) in [4.78, 5) is 26.6. The van der Waals surface area contributed by atoms with E-state index in [1.807, 2.05) is 71.9 Å². The van der Waals surface area contributed by atoms with Gasteiger partial charge in [0.1, 0.15) is 16.9 Å². The Morgan fingerprint density at radius 3 is 2.41 bits per heavy atom. The highest BCUT2D eigenvalue weighted by Crippen LogP contribution is 2.38. The number of carbonyl (C=O) groups excluding carboxylic acids is 1. The fourth-order valence-electron chi connectivity index (χ4n) is 5.69. The predicted molar refractivity (Wildman–Crippen MR) is 167 cm³/mol. The van der Waals surface area contributed by atoms with Crippen LogP contribution in [0.1, 0.15) is 97.3 Å². The molecule has 1 aromatic heterocycles. The van der Waals surface area contributed by atoms with Crippen LogP contribution in [-0.2, 0) is 4.74 Å². The summed E-state index contributed by atoms with van der Waals surface area (Å²) >= 11 is 0. The third-order valence-electron chi connectivity index (χ3n) is 7.75. The molecular formula is C36H39NO4. The number of rotatable bonds is 6. The number of benzene rings is 3. The molecule has 1 aliphatic carbocycles. The number of hydrogen-bond acceptors (Lipinski definition) is 5. The maximum atomic E-state index is 13.7. The van der Waals surface area contributed by atoms with E-state index < -0.39 is 5.60 Å². The predicted octanol–water partition coefficient (Wildman–Crippen LogP) is 8.89. The summed E-state index contributed by atoms with van der Waals surface area (Å²) in [6.45, 7) is 11.4. The summed E-state index contributed by atoms with van der Waals surface area (Å²) in [7, 11) is 0. The molecular weight excluding hydrogens is 510 g/mol. The second kappa shape index (κ2) is 11.4. The molecule has 1 N–H and O–H groups in total. The molecule has 4 aromatic rings. The minimum Gasteiger partial charge on any atom is -0.456 e. The van der Waals surface area contributed by atoms with E-state index in [-0.39, 0.29) is 17.4 Å². The first-order valence-corrected chi connectivity index (χ1v) is 14.4. The van der Waals surface area contributed by atoms with Crippen LogP contribution in [0.25, 0.3) is 16.5 Å². The third kappa shape index (κ3) is 6.14. The Kier molecular flexibility index (Phi) is 7.90. The van der Waals surface area contributed by atoms with Gasteiger partial charge in [-0.15, -0.1) is 0 Å². The van der Waals surface area contributed by atoms with Crippen molar-refractivity contribution in [1.82, 2.24) is 0 Å². The monoisotopic (exact) mass is 549 g/mol. The molecule has 5 rings (SSSR count). The molecule has 0 spiro atoms. The van der Waals surface area contributed by atoms with Crippen LogP contribution >= 0.6 is 0 Å². The van der Waals surface area contributed by atoms with Crippen molar-refractivity contribution >= 4 is 28.2 Å². The Morgan fingerprint density at radius 2 is 1.73 bits per heavy atom. The Labute approximate surface area is 242 Å². The Balaban J connectivity index is 1.51. The Morgan fingerprint density at radius 1 is 1.02 bits per heavy atom. The summed E-state index contributed by atoms with van der Waals surface area (Å²) in [5, 5.41) is 4.07. The molecule has 5 heteroatoms. The van der Waals surface area contributed by atoms with E-state index in [1.54, 1.807) is 6.07 Å². The maximum Gasteiger partial charge on any atom is 0.340 e. The van der Waals surface area contributed by atoms with Crippen molar-refractivity contribution < 1.29 is 13.9 Å². The second-order valence-electron chi connectivity index (χ2n) is 12.1. The van der Waals surface area contributed by atoms with Crippen LogP contribution in [-0.4, -0.2) is 11.6 Å². The Hall–Kier alpha value is -4.12. The van der Waals surface area contributed by atoms with Crippen molar-refractivity contribution in [2.24, 2.45) is 0 Å². The molecule has 0 aliphatic heterocycles. The van der Waals surface area contributed by atoms with Gasteiger partial charge in [-0.25, -0.2) is 4.79 Å². The smallest absolute Gasteiger partial charge is 0.340 e. The first kappa shape index (κ1) is 28.4. The van der Waals surface area contributed by atoms with Crippen molar-refractivity contribution in [3.05, 3.63) is 117 Å². The van der Waals surface area contributed by atoms with Gasteiger partial charge in [0.15, 0.2) is 5.43 Å². The number of para-hydroxylation sites is 1. The zero-order valence-corrected chi connectivity index (χ0v) is 24.8. The molecule has 0 saturated heterocycles. The van der Waals surface area contributed by atoms with Crippen molar-refractivity contribution in [1.29, 1.82) is 0 Å². The Bertz CT molecular complexity index is 1670. The molecule has 0 saturated carbocycles. The van der Waals surface area contributed by atoms with Crippen molar-refractivity contribution in [2.45, 2.75) is 78.4 Å². The largest absolute Gasteiger partial charge is 0.456 e. The van der Waals surface area contributed by atoms with Crippen LogP contribution in [0.5, 0.6) is 0 Å². The zero-order chi connectivity index (χ0) is 29.3. The number of anilines is 1. The molecule has 0 radical (unpaired) electrons. The highest BCUT2D eigenvalue weighted by molar-refractivity contribution is 5.96. The zero-order valence-electron chi connectivity index (χ0n) is 24.8. The lowest BCUT2D eigenvalue weighted by atomic mass is 9.83. The number of aryl methyl sites for hydroxylation is 1. The lowest BCUT2D eigenvalue weighted by Crippen LogP contribution is -2.24. The molecule has 0 amide bonds. The molecule has 0 fully saturated rings. The van der Waals surface area contributed by atoms with Crippen LogP contribution in [0, 0.1) is 13.8 Å². The van der Waals surface area contributed by atoms with Gasteiger partial charge >= 0.3 is 5.97 Å². The lowest BCUT2D eigenvalue weighted by molar-refractivity contribution is 0.00706. The van der Waals surface area contributed by atoms with E-state index in [0.29, 0.717) is 39.5 Å². The SMILES string of the molecule is Cc1cc(C(C)Nc2ccccc2C(=O)OC(C)(C)C)c2oc(C3=CCC(c4ccccc4)CC3)c(C)c(=O)c2c1. The standard InChI is InChI=1S/C36H39NO4/c1-22-20-29(24(3)37-31-15-11-10-14-28(31)35(39)41-36(4,5)6)34-30(21-22)32(38)23(2)33(40-34)27-18-16-26(17-19-27)25-12-8-7-9-13-25/h7-15,18,20-21,24,26,37H,16-17,19H2,1-6H3. The topological polar surface area (TPSA) is 68.5 Å². The van der Waals surface area contributed by atoms with Gasteiger partial charge in [-0.1, -0.05) is 54.6 Å². The minimum absolute atomic E-state index is 0.00126. The lowest BCUT2D eigenvalue weighted by Gasteiger charge is -2.24. The van der Waals surface area contributed by atoms with Gasteiger partial charge in [-0.3, -0.25) is 4.79 Å². The van der Waals surface area contributed by atoms with Crippen LogP contribution in [0.2, 0.25) is 0 Å². The summed E-state index contributed by atoms with van der Waals surface area (Å²) in [6, 6.07) is 21.7. The summed E-state index contributed by atoms with van der Waals surface area (Å²) in [5.41, 5.74) is 6.05. The second-order valence-corrected chi connectivity index (χ2v) is 12.1. The van der Waals surface area contributed by atoms with Gasteiger partial charge in [0.05, 0.1) is 17.0 Å². The third-order valence-corrected chi connectivity index (χ3v) is 7.75. The molecule has 212 valence electrons. The van der Waals surface area contributed by atoms with E-state index in [4.69, 9.17) is 9.15 Å². The highest BCUT2D eigenvalue weighted by atomic mass is 16.6. The molecule has 5 nitrogen and oxygen atoms in total. The van der Waals surface area contributed by atoms with E-state index in [9.17, 15) is 9.59 Å². The van der Waals surface area contributed by atoms with E-state index in [1.165, 1.54) is 5.56 Å². The molecule has 1 heterocycles. The summed E-state index contributed by atoms with van der Waals surface area (Å²) in [5.74, 6) is 0.768. The van der Waals surface area contributed by atoms with Gasteiger partial charge in [-0.2, -0.15) is 0 Å². The van der Waals surface area contributed by atoms with Gasteiger partial charge in [0.25, 0.3) is 0 Å². The average molecular weight is 550 g/mol. The average Bonchev–Trinajstić information content (AvgIpc) is 2.95. The molecule has 2 atom stereocenters. The minimum atomic E-state index is -0.602. The highest BCUT2D eigenvalue weighted by Gasteiger charge is 2.25. The van der Waals surface area contributed by atoms with Crippen molar-refractivity contribution in [3.8, 4) is 0 Å². The van der Waals surface area contributed by atoms with Gasteiger partial charge in [0.2, 0.25) is 0 Å². The fraction of sp³-hybridized carbons (Fsp3) is 0.333. The molecule has 3 aromatic carbocycles. The molecule has 41 heavy (non-hydrogen) atoms. The van der Waals surface area contributed by atoms with Gasteiger partial charge in [-0.05, 0) is 102 Å².